The third kappa shape index (κ3) is 10.8. The average Bonchev–Trinajstić information content (AvgIpc) is 3.81. The number of aryl methyl sites for hydroxylation is 1. The summed E-state index contributed by atoms with van der Waals surface area (Å²) in [6.07, 6.45) is 6.16. The number of aromatic nitrogens is 4. The topological polar surface area (TPSA) is 208 Å². The number of Topliss-reactive ketones (excluding diaryl/α,β-unsaturated/α-hetero) is 1. The van der Waals surface area contributed by atoms with Crippen LogP contribution in [0.5, 0.6) is 0 Å². The van der Waals surface area contributed by atoms with Gasteiger partial charge in [0.2, 0.25) is 29.4 Å². The third-order valence-corrected chi connectivity index (χ3v) is 9.81. The quantitative estimate of drug-likeness (QED) is 0.106. The van der Waals surface area contributed by atoms with E-state index in [1.165, 1.54) is 0 Å². The summed E-state index contributed by atoms with van der Waals surface area (Å²) in [6.45, 7) is 13.3. The van der Waals surface area contributed by atoms with Gasteiger partial charge in [0.1, 0.15) is 18.1 Å². The molecule has 1 saturated carbocycles. The van der Waals surface area contributed by atoms with Gasteiger partial charge < -0.3 is 26.2 Å². The van der Waals surface area contributed by atoms with Gasteiger partial charge in [-0.25, -0.2) is 0 Å². The molecule has 0 bridgehead atoms. The molecule has 2 heterocycles. The van der Waals surface area contributed by atoms with Gasteiger partial charge >= 0.3 is 0 Å². The number of nitrogens with one attached hydrogen (secondary N) is 5. The van der Waals surface area contributed by atoms with E-state index in [0.717, 1.165) is 19.3 Å². The van der Waals surface area contributed by atoms with Crippen LogP contribution < -0.4 is 21.3 Å². The van der Waals surface area contributed by atoms with Gasteiger partial charge in [-0.3, -0.25) is 28.8 Å². The summed E-state index contributed by atoms with van der Waals surface area (Å²) >= 11 is 0. The van der Waals surface area contributed by atoms with Crippen LogP contribution in [0.1, 0.15) is 112 Å². The Hall–Kier alpha value is -3.91. The minimum Gasteiger partial charge on any atom is -0.347 e. The first-order valence-corrected chi connectivity index (χ1v) is 18.1. The average molecular weight is 688 g/mol. The molecule has 1 aromatic rings. The highest BCUT2D eigenvalue weighted by molar-refractivity contribution is 6.38. The van der Waals surface area contributed by atoms with Crippen molar-refractivity contribution in [2.24, 2.45) is 23.7 Å². The molecule has 1 aliphatic heterocycles. The van der Waals surface area contributed by atoms with Crippen LogP contribution in [0, 0.1) is 23.7 Å². The van der Waals surface area contributed by atoms with Gasteiger partial charge in [-0.15, -0.1) is 10.2 Å². The summed E-state index contributed by atoms with van der Waals surface area (Å²) in [5, 5.41) is 25.0. The van der Waals surface area contributed by atoms with Gasteiger partial charge in [0.25, 0.3) is 5.91 Å². The van der Waals surface area contributed by atoms with Gasteiger partial charge in [0.15, 0.2) is 5.82 Å². The molecule has 1 aliphatic carbocycles. The highest BCUT2D eigenvalue weighted by Crippen LogP contribution is 2.42. The molecule has 0 aromatic carbocycles. The van der Waals surface area contributed by atoms with E-state index in [1.807, 2.05) is 48.5 Å². The second kappa shape index (κ2) is 18.7. The van der Waals surface area contributed by atoms with Gasteiger partial charge in [0, 0.05) is 25.4 Å². The first kappa shape index (κ1) is 39.5. The van der Waals surface area contributed by atoms with Crippen molar-refractivity contribution < 1.29 is 28.8 Å². The van der Waals surface area contributed by atoms with Crippen molar-refractivity contribution in [1.82, 2.24) is 46.8 Å². The van der Waals surface area contributed by atoms with Crippen molar-refractivity contribution >= 4 is 35.3 Å². The fourth-order valence-electron chi connectivity index (χ4n) is 6.81. The van der Waals surface area contributed by atoms with Crippen molar-refractivity contribution in [3.63, 3.8) is 0 Å². The molecule has 15 nitrogen and oxygen atoms in total. The number of likely N-dealkylation sites (tertiary alicyclic amines) is 1. The zero-order valence-corrected chi connectivity index (χ0v) is 30.2. The molecule has 4 unspecified atom stereocenters. The van der Waals surface area contributed by atoms with Gasteiger partial charge in [-0.1, -0.05) is 59.6 Å². The molecule has 5 amide bonds. The van der Waals surface area contributed by atoms with Crippen LogP contribution in [0.2, 0.25) is 0 Å². The van der Waals surface area contributed by atoms with Crippen LogP contribution in [-0.4, -0.2) is 97.6 Å². The number of carbonyl (C=O) groups is 6. The first-order chi connectivity index (χ1) is 23.3. The predicted molar refractivity (Wildman–Crippen MR) is 181 cm³/mol. The Bertz CT molecular complexity index is 1290. The molecule has 274 valence electrons. The van der Waals surface area contributed by atoms with Crippen LogP contribution in [0.15, 0.2) is 0 Å². The smallest absolute Gasteiger partial charge is 0.289 e. The van der Waals surface area contributed by atoms with Crippen LogP contribution in [0.25, 0.3) is 0 Å². The Morgan fingerprint density at radius 2 is 1.61 bits per heavy atom. The lowest BCUT2D eigenvalue weighted by Gasteiger charge is -2.34. The SMILES string of the molecule is CCCC(NC(=O)[C@@H]1C2CCCC2CN1C(=O)[C@@H](NC(=O)[C@@H](NC(=O)CCCCc1nn[nH]n1)C(C)C)C(C)C)C(=O)C(=O)NC(C)CC. The van der Waals surface area contributed by atoms with Crippen molar-refractivity contribution in [1.29, 1.82) is 0 Å². The monoisotopic (exact) mass is 687 g/mol. The Morgan fingerprint density at radius 1 is 0.898 bits per heavy atom. The number of nitrogens with zero attached hydrogens (tertiary/aromatic N) is 4. The summed E-state index contributed by atoms with van der Waals surface area (Å²) in [7, 11) is 0. The Kier molecular flexibility index (Phi) is 15.1. The van der Waals surface area contributed by atoms with Crippen LogP contribution >= 0.6 is 0 Å². The maximum Gasteiger partial charge on any atom is 0.289 e. The van der Waals surface area contributed by atoms with Crippen LogP contribution in [0.3, 0.4) is 0 Å². The highest BCUT2D eigenvalue weighted by Gasteiger charge is 2.51. The number of ketones is 1. The molecule has 1 aromatic heterocycles. The fraction of sp³-hybridized carbons (Fsp3) is 0.794. The molecule has 15 heteroatoms. The molecule has 5 N–H and O–H groups in total. The molecule has 0 spiro atoms. The van der Waals surface area contributed by atoms with E-state index in [-0.39, 0.29) is 47.9 Å². The number of unbranched alkanes of at least 4 members (excludes halogenated alkanes) is 1. The molecule has 3 rings (SSSR count). The number of H-pyrrole nitrogens is 1. The molecule has 49 heavy (non-hydrogen) atoms. The van der Waals surface area contributed by atoms with E-state index in [1.54, 1.807) is 4.90 Å². The highest BCUT2D eigenvalue weighted by atomic mass is 16.2. The second-order valence-corrected chi connectivity index (χ2v) is 14.3. The first-order valence-electron chi connectivity index (χ1n) is 18.1. The molecule has 2 fully saturated rings. The van der Waals surface area contributed by atoms with E-state index >= 15 is 0 Å². The number of hydrogen-bond donors (Lipinski definition) is 5. The lowest BCUT2D eigenvalue weighted by Crippen LogP contribution is -2.60. The maximum atomic E-state index is 14.3. The van der Waals surface area contributed by atoms with Crippen molar-refractivity contribution in [2.75, 3.05) is 6.54 Å². The number of aromatic amines is 1. The van der Waals surface area contributed by atoms with E-state index in [9.17, 15) is 28.8 Å². The Balaban J connectivity index is 1.71. The molecular formula is C34H57N9O6. The van der Waals surface area contributed by atoms with Crippen molar-refractivity contribution in [3.8, 4) is 0 Å². The number of rotatable bonds is 19. The Labute approximate surface area is 289 Å². The van der Waals surface area contributed by atoms with E-state index in [4.69, 9.17) is 0 Å². The number of hydrogen-bond acceptors (Lipinski definition) is 9. The fourth-order valence-corrected chi connectivity index (χ4v) is 6.81. The number of fused-ring (bicyclic) bond motifs is 1. The van der Waals surface area contributed by atoms with Crippen molar-refractivity contribution in [2.45, 2.75) is 143 Å². The molecule has 7 atom stereocenters. The predicted octanol–water partition coefficient (Wildman–Crippen LogP) is 1.59. The van der Waals surface area contributed by atoms with E-state index in [0.29, 0.717) is 50.9 Å². The minimum atomic E-state index is -1.01. The van der Waals surface area contributed by atoms with Crippen molar-refractivity contribution in [3.05, 3.63) is 5.82 Å². The summed E-state index contributed by atoms with van der Waals surface area (Å²) in [6, 6.07) is -3.82. The van der Waals surface area contributed by atoms with E-state index < -0.39 is 47.7 Å². The van der Waals surface area contributed by atoms with Crippen LogP contribution in [-0.2, 0) is 35.2 Å². The third-order valence-electron chi connectivity index (χ3n) is 9.81. The molecule has 0 radical (unpaired) electrons. The van der Waals surface area contributed by atoms with Crippen LogP contribution in [0.4, 0.5) is 0 Å². The van der Waals surface area contributed by atoms with Gasteiger partial charge in [-0.05, 0) is 69.1 Å². The zero-order valence-electron chi connectivity index (χ0n) is 30.2. The second-order valence-electron chi connectivity index (χ2n) is 14.3. The number of tetrazole rings is 1. The zero-order chi connectivity index (χ0) is 36.2. The molecule has 1 saturated heterocycles. The summed E-state index contributed by atoms with van der Waals surface area (Å²) in [4.78, 5) is 82.0. The normalized spacial score (nSPS) is 21.1. The maximum absolute atomic E-state index is 14.3. The van der Waals surface area contributed by atoms with E-state index in [2.05, 4.69) is 41.9 Å². The van der Waals surface area contributed by atoms with Gasteiger partial charge in [-0.2, -0.15) is 5.21 Å². The summed E-state index contributed by atoms with van der Waals surface area (Å²) < 4.78 is 0. The number of carbonyl (C=O) groups excluding carboxylic acids is 6. The standard InChI is InChI=1S/C34H57N9O6/c1-8-13-24(30(45)33(48)35-21(7)9-2)36-32(47)29-23-15-12-14-22(23)18-43(29)34(49)28(20(5)6)38-31(46)27(19(3)4)37-26(44)17-11-10-16-25-39-41-42-40-25/h19-24,27-29H,8-18H2,1-7H3,(H,35,48)(H,36,47)(H,37,44)(H,38,46)(H,39,40,41,42)/t21?,22?,23?,24?,27-,28-,29-/m0/s1. The molecule has 2 aliphatic rings. The summed E-state index contributed by atoms with van der Waals surface area (Å²) in [5.41, 5.74) is 0. The number of amides is 5. The summed E-state index contributed by atoms with van der Waals surface area (Å²) in [5.74, 6) is -2.94. The molecular weight excluding hydrogens is 630 g/mol. The van der Waals surface area contributed by atoms with Gasteiger partial charge in [0.05, 0.1) is 6.04 Å². The minimum absolute atomic E-state index is 0.0819. The lowest BCUT2D eigenvalue weighted by atomic mass is 9.92. The lowest BCUT2D eigenvalue weighted by molar-refractivity contribution is -0.145. The largest absolute Gasteiger partial charge is 0.347 e. The Morgan fingerprint density at radius 3 is 2.22 bits per heavy atom.